The molecule has 3 heterocycles. The zero-order valence-corrected chi connectivity index (χ0v) is 16.9. The number of carbonyl (C=O) groups is 1. The second-order valence-electron chi connectivity index (χ2n) is 6.93. The summed E-state index contributed by atoms with van der Waals surface area (Å²) < 4.78 is 39.0. The van der Waals surface area contributed by atoms with Crippen LogP contribution in [0.15, 0.2) is 49.6 Å². The molecule has 1 aromatic carbocycles. The van der Waals surface area contributed by atoms with Crippen LogP contribution in [0.3, 0.4) is 0 Å². The van der Waals surface area contributed by atoms with Crippen LogP contribution in [-0.2, 0) is 0 Å². The molecule has 3 aromatic rings. The summed E-state index contributed by atoms with van der Waals surface area (Å²) in [6.07, 6.45) is 1.12. The second-order valence-corrected chi connectivity index (χ2v) is 7.70. The van der Waals surface area contributed by atoms with Crippen LogP contribution >= 0.6 is 11.5 Å². The molecule has 0 bridgehead atoms. The maximum absolute atomic E-state index is 14.6. The van der Waals surface area contributed by atoms with E-state index in [9.17, 15) is 13.6 Å². The van der Waals surface area contributed by atoms with Gasteiger partial charge in [0.05, 0.1) is 17.8 Å². The Morgan fingerprint density at radius 1 is 1.23 bits per heavy atom. The van der Waals surface area contributed by atoms with Crippen molar-refractivity contribution in [3.05, 3.63) is 65.7 Å². The van der Waals surface area contributed by atoms with Gasteiger partial charge in [-0.2, -0.15) is 4.37 Å². The average Bonchev–Trinajstić information content (AvgIpc) is 3.18. The number of rotatable bonds is 5. The van der Waals surface area contributed by atoms with Crippen molar-refractivity contribution in [2.24, 2.45) is 0 Å². The van der Waals surface area contributed by atoms with Crippen LogP contribution in [0.4, 0.5) is 8.78 Å². The number of fused-ring (bicyclic) bond motifs is 1. The van der Waals surface area contributed by atoms with Crippen molar-refractivity contribution in [1.29, 1.82) is 0 Å². The van der Waals surface area contributed by atoms with Crippen molar-refractivity contribution in [2.45, 2.75) is 18.4 Å². The molecule has 1 atom stereocenters. The minimum absolute atomic E-state index is 0.0534. The Morgan fingerprint density at radius 2 is 2.03 bits per heavy atom. The van der Waals surface area contributed by atoms with Crippen LogP contribution in [0.1, 0.15) is 27.3 Å². The van der Waals surface area contributed by atoms with Crippen LogP contribution in [0, 0.1) is 0 Å². The van der Waals surface area contributed by atoms with Gasteiger partial charge in [-0.1, -0.05) is 37.4 Å². The zero-order chi connectivity index (χ0) is 21.3. The Balaban J connectivity index is 1.57. The monoisotopic (exact) mass is 427 g/mol. The van der Waals surface area contributed by atoms with Crippen LogP contribution in [0.2, 0.25) is 0 Å². The molecular weight excluding hydrogens is 408 g/mol. The Bertz CT molecular complexity index is 1130. The normalized spacial score (nSPS) is 18.2. The summed E-state index contributed by atoms with van der Waals surface area (Å²) >= 11 is 1.08. The lowest BCUT2D eigenvalue weighted by molar-refractivity contribution is -0.131. The van der Waals surface area contributed by atoms with Gasteiger partial charge in [0.2, 0.25) is 5.88 Å². The zero-order valence-electron chi connectivity index (χ0n) is 16.1. The smallest absolute Gasteiger partial charge is 0.287 e. The Hall–Kier alpha value is -3.13. The fraction of sp³-hybridized carbons (Fsp3) is 0.227. The summed E-state index contributed by atoms with van der Waals surface area (Å²) in [6, 6.07) is 10.5. The minimum atomic E-state index is -3.08. The van der Waals surface area contributed by atoms with E-state index >= 15 is 0 Å². The number of alkyl halides is 2. The summed E-state index contributed by atoms with van der Waals surface area (Å²) in [5.74, 6) is -3.35. The first-order valence-electron chi connectivity index (χ1n) is 9.37. The highest BCUT2D eigenvalue weighted by Gasteiger charge is 2.47. The molecule has 154 valence electrons. The fourth-order valence-electron chi connectivity index (χ4n) is 3.38. The van der Waals surface area contributed by atoms with Crippen molar-refractivity contribution >= 4 is 40.5 Å². The summed E-state index contributed by atoms with van der Waals surface area (Å²) in [7, 11) is 0. The van der Waals surface area contributed by atoms with Crippen molar-refractivity contribution in [2.75, 3.05) is 13.1 Å². The third-order valence-electron chi connectivity index (χ3n) is 5.05. The number of halogens is 2. The first-order valence-corrected chi connectivity index (χ1v) is 10.1. The topological polar surface area (TPSA) is 55.3 Å². The van der Waals surface area contributed by atoms with E-state index in [1.807, 2.05) is 18.2 Å². The number of piperidine rings is 1. The quantitative estimate of drug-likeness (QED) is 0.581. The van der Waals surface area contributed by atoms with E-state index in [0.29, 0.717) is 16.1 Å². The van der Waals surface area contributed by atoms with Crippen molar-refractivity contribution in [3.8, 4) is 5.88 Å². The van der Waals surface area contributed by atoms with E-state index in [2.05, 4.69) is 22.5 Å². The first kappa shape index (κ1) is 20.2. The average molecular weight is 427 g/mol. The maximum Gasteiger partial charge on any atom is 0.287 e. The third-order valence-corrected chi connectivity index (χ3v) is 5.91. The molecule has 2 aromatic heterocycles. The SMILES string of the molecule is C=Cc1ccc(OC2CN(C(=O)c3snc4ccccc34)CCC2(F)F)nc1C=C. The highest BCUT2D eigenvalue weighted by molar-refractivity contribution is 7.09. The molecule has 1 aliphatic rings. The van der Waals surface area contributed by atoms with Gasteiger partial charge in [0, 0.05) is 24.4 Å². The Morgan fingerprint density at radius 3 is 2.80 bits per heavy atom. The van der Waals surface area contributed by atoms with Gasteiger partial charge in [0.25, 0.3) is 11.8 Å². The number of hydrogen-bond acceptors (Lipinski definition) is 5. The predicted molar refractivity (Wildman–Crippen MR) is 114 cm³/mol. The Labute approximate surface area is 176 Å². The van der Waals surface area contributed by atoms with Gasteiger partial charge in [0.15, 0.2) is 6.10 Å². The predicted octanol–water partition coefficient (Wildman–Crippen LogP) is 4.91. The van der Waals surface area contributed by atoms with E-state index in [1.165, 1.54) is 17.0 Å². The summed E-state index contributed by atoms with van der Waals surface area (Å²) in [4.78, 5) is 19.1. The Kier molecular flexibility index (Phi) is 5.34. The molecule has 1 fully saturated rings. The third kappa shape index (κ3) is 3.70. The molecule has 0 saturated carbocycles. The summed E-state index contributed by atoms with van der Waals surface area (Å²) in [5, 5.41) is 0.722. The number of ether oxygens (including phenoxy) is 1. The lowest BCUT2D eigenvalue weighted by Gasteiger charge is -2.37. The lowest BCUT2D eigenvalue weighted by atomic mass is 10.0. The number of likely N-dealkylation sites (tertiary alicyclic amines) is 1. The van der Waals surface area contributed by atoms with Crippen molar-refractivity contribution in [1.82, 2.24) is 14.3 Å². The molecule has 0 spiro atoms. The van der Waals surface area contributed by atoms with E-state index < -0.39 is 18.4 Å². The van der Waals surface area contributed by atoms with Gasteiger partial charge in [-0.25, -0.2) is 13.8 Å². The van der Waals surface area contributed by atoms with Crippen LogP contribution in [0.5, 0.6) is 5.88 Å². The number of benzene rings is 1. The van der Waals surface area contributed by atoms with Crippen LogP contribution < -0.4 is 4.74 Å². The van der Waals surface area contributed by atoms with Gasteiger partial charge >= 0.3 is 0 Å². The molecule has 1 amide bonds. The van der Waals surface area contributed by atoms with Gasteiger partial charge in [0.1, 0.15) is 4.88 Å². The van der Waals surface area contributed by atoms with Gasteiger partial charge in [-0.05, 0) is 35.3 Å². The molecule has 0 aliphatic carbocycles. The molecule has 30 heavy (non-hydrogen) atoms. The van der Waals surface area contributed by atoms with Gasteiger partial charge < -0.3 is 9.64 Å². The molecule has 1 unspecified atom stereocenters. The number of pyridine rings is 1. The van der Waals surface area contributed by atoms with Crippen LogP contribution in [0.25, 0.3) is 23.1 Å². The highest BCUT2D eigenvalue weighted by atomic mass is 32.1. The van der Waals surface area contributed by atoms with E-state index in [-0.39, 0.29) is 24.9 Å². The van der Waals surface area contributed by atoms with E-state index in [4.69, 9.17) is 4.74 Å². The number of aromatic nitrogens is 2. The molecule has 0 radical (unpaired) electrons. The highest BCUT2D eigenvalue weighted by Crippen LogP contribution is 2.33. The summed E-state index contributed by atoms with van der Waals surface area (Å²) in [5.41, 5.74) is 1.93. The number of carbonyl (C=O) groups excluding carboxylic acids is 1. The number of hydrogen-bond donors (Lipinski definition) is 0. The number of nitrogens with zero attached hydrogens (tertiary/aromatic N) is 3. The standard InChI is InChI=1S/C22H19F2N3O2S/c1-3-14-9-10-19(25-16(14)4-2)29-18-13-27(12-11-22(18,23)24)21(28)20-15-7-5-6-8-17(15)26-30-20/h3-10,18H,1-2,11-13H2. The molecule has 8 heteroatoms. The summed E-state index contributed by atoms with van der Waals surface area (Å²) in [6.45, 7) is 7.06. The minimum Gasteiger partial charge on any atom is -0.466 e. The molecule has 1 aliphatic heterocycles. The lowest BCUT2D eigenvalue weighted by Crippen LogP contribution is -2.55. The first-order chi connectivity index (χ1) is 14.4. The van der Waals surface area contributed by atoms with Crippen molar-refractivity contribution < 1.29 is 18.3 Å². The maximum atomic E-state index is 14.6. The van der Waals surface area contributed by atoms with Crippen LogP contribution in [-0.4, -0.2) is 45.3 Å². The van der Waals surface area contributed by atoms with E-state index in [1.54, 1.807) is 18.2 Å². The fourth-order valence-corrected chi connectivity index (χ4v) is 4.21. The molecule has 1 saturated heterocycles. The number of amides is 1. The molecule has 5 nitrogen and oxygen atoms in total. The molecular formula is C22H19F2N3O2S. The van der Waals surface area contributed by atoms with E-state index in [0.717, 1.165) is 22.5 Å². The van der Waals surface area contributed by atoms with Crippen molar-refractivity contribution in [3.63, 3.8) is 0 Å². The molecule has 4 rings (SSSR count). The van der Waals surface area contributed by atoms with Gasteiger partial charge in [-0.15, -0.1) is 0 Å². The largest absolute Gasteiger partial charge is 0.466 e. The second kappa shape index (κ2) is 7.95. The van der Waals surface area contributed by atoms with Gasteiger partial charge in [-0.3, -0.25) is 4.79 Å². The molecule has 0 N–H and O–H groups in total.